The van der Waals surface area contributed by atoms with Crippen molar-refractivity contribution < 1.29 is 17.9 Å². The van der Waals surface area contributed by atoms with Crippen LogP contribution in [-0.2, 0) is 10.9 Å². The van der Waals surface area contributed by atoms with Crippen molar-refractivity contribution in [3.05, 3.63) is 39.8 Å². The monoisotopic (exact) mass is 363 g/mol. The third-order valence-corrected chi connectivity index (χ3v) is 3.60. The number of nitrogens with one attached hydrogen (secondary N) is 1. The first-order valence-electron chi connectivity index (χ1n) is 6.41. The predicted molar refractivity (Wildman–Crippen MR) is 79.0 cm³/mol. The number of aromatic nitrogens is 2. The summed E-state index contributed by atoms with van der Waals surface area (Å²) in [5.41, 5.74) is -0.889. The highest BCUT2D eigenvalue weighted by Crippen LogP contribution is 2.43. The highest BCUT2D eigenvalue weighted by Gasteiger charge is 2.39. The second-order valence-electron chi connectivity index (χ2n) is 4.43. The number of hydrogen-bond acceptors (Lipinski definition) is 3. The number of ether oxygens (including phenoxy) is 1. The van der Waals surface area contributed by atoms with Gasteiger partial charge in [0.1, 0.15) is 10.8 Å². The van der Waals surface area contributed by atoms with Crippen LogP contribution in [0.1, 0.15) is 24.3 Å². The SMILES string of the molecule is CCOC(C#N)c1c(-c2ccc(Cl)nc2)[nH]c(C(F)(F)F)c1Cl. The minimum Gasteiger partial charge on any atom is -0.359 e. The van der Waals surface area contributed by atoms with E-state index in [0.29, 0.717) is 5.56 Å². The molecule has 2 rings (SSSR count). The first kappa shape index (κ1) is 17.6. The summed E-state index contributed by atoms with van der Waals surface area (Å²) in [5.74, 6) is 0. The number of alkyl halides is 3. The third-order valence-electron chi connectivity index (χ3n) is 2.99. The molecular weight excluding hydrogens is 354 g/mol. The Balaban J connectivity index is 2.69. The first-order valence-corrected chi connectivity index (χ1v) is 7.16. The van der Waals surface area contributed by atoms with Gasteiger partial charge in [-0.3, -0.25) is 0 Å². The van der Waals surface area contributed by atoms with Gasteiger partial charge < -0.3 is 9.72 Å². The maximum atomic E-state index is 13.1. The third kappa shape index (κ3) is 3.61. The molecule has 1 unspecified atom stereocenters. The Hall–Kier alpha value is -1.75. The number of aromatic amines is 1. The van der Waals surface area contributed by atoms with Gasteiger partial charge in [0.2, 0.25) is 0 Å². The molecule has 122 valence electrons. The number of halogens is 5. The van der Waals surface area contributed by atoms with E-state index in [-0.39, 0.29) is 23.0 Å². The molecule has 0 bridgehead atoms. The summed E-state index contributed by atoms with van der Waals surface area (Å²) in [6.45, 7) is 1.76. The Kier molecular flexibility index (Phi) is 5.19. The lowest BCUT2D eigenvalue weighted by Gasteiger charge is -2.11. The summed E-state index contributed by atoms with van der Waals surface area (Å²) in [6.07, 6.45) is -4.66. The number of H-pyrrole nitrogens is 1. The molecule has 1 atom stereocenters. The van der Waals surface area contributed by atoms with Gasteiger partial charge in [-0.2, -0.15) is 18.4 Å². The van der Waals surface area contributed by atoms with E-state index >= 15 is 0 Å². The molecule has 0 fully saturated rings. The number of nitrogens with zero attached hydrogens (tertiary/aromatic N) is 2. The lowest BCUT2D eigenvalue weighted by atomic mass is 10.1. The zero-order valence-corrected chi connectivity index (χ0v) is 13.2. The van der Waals surface area contributed by atoms with Crippen LogP contribution in [0.25, 0.3) is 11.3 Å². The average molecular weight is 364 g/mol. The van der Waals surface area contributed by atoms with Crippen LogP contribution >= 0.6 is 23.2 Å². The van der Waals surface area contributed by atoms with Crippen LogP contribution in [0.4, 0.5) is 13.2 Å². The van der Waals surface area contributed by atoms with Crippen LogP contribution in [-0.4, -0.2) is 16.6 Å². The van der Waals surface area contributed by atoms with Gasteiger partial charge in [-0.1, -0.05) is 23.2 Å². The molecule has 1 N–H and O–H groups in total. The Morgan fingerprint density at radius 3 is 2.57 bits per heavy atom. The summed E-state index contributed by atoms with van der Waals surface area (Å²) in [5, 5.41) is 8.79. The number of rotatable bonds is 4. The standard InChI is InChI=1S/C14H10Cl2F3N3O/c1-2-23-8(5-20)10-11(16)13(14(17,18)19)22-12(10)7-3-4-9(15)21-6-7/h3-4,6,8,22H,2H2,1H3. The molecule has 2 aromatic heterocycles. The summed E-state index contributed by atoms with van der Waals surface area (Å²) in [6, 6.07) is 4.70. The lowest BCUT2D eigenvalue weighted by molar-refractivity contribution is -0.140. The van der Waals surface area contributed by atoms with Gasteiger partial charge in [-0.05, 0) is 19.1 Å². The lowest BCUT2D eigenvalue weighted by Crippen LogP contribution is -2.06. The van der Waals surface area contributed by atoms with E-state index in [4.69, 9.17) is 27.9 Å². The summed E-state index contributed by atoms with van der Waals surface area (Å²) >= 11 is 11.6. The van der Waals surface area contributed by atoms with E-state index in [1.807, 2.05) is 0 Å². The maximum absolute atomic E-state index is 13.1. The molecule has 0 saturated heterocycles. The van der Waals surface area contributed by atoms with E-state index in [1.165, 1.54) is 18.3 Å². The highest BCUT2D eigenvalue weighted by atomic mass is 35.5. The maximum Gasteiger partial charge on any atom is 0.432 e. The van der Waals surface area contributed by atoms with Crippen molar-refractivity contribution in [2.24, 2.45) is 0 Å². The van der Waals surface area contributed by atoms with E-state index in [9.17, 15) is 18.4 Å². The van der Waals surface area contributed by atoms with Gasteiger partial charge in [0, 0.05) is 23.9 Å². The van der Waals surface area contributed by atoms with Crippen LogP contribution in [0.5, 0.6) is 0 Å². The molecular formula is C14H10Cl2F3N3O. The highest BCUT2D eigenvalue weighted by molar-refractivity contribution is 6.32. The fourth-order valence-corrected chi connectivity index (χ4v) is 2.50. The first-order chi connectivity index (χ1) is 10.8. The fourth-order valence-electron chi connectivity index (χ4n) is 2.04. The van der Waals surface area contributed by atoms with Crippen LogP contribution in [0.3, 0.4) is 0 Å². The van der Waals surface area contributed by atoms with Gasteiger partial charge in [0.15, 0.2) is 6.10 Å². The van der Waals surface area contributed by atoms with E-state index < -0.39 is 23.0 Å². The van der Waals surface area contributed by atoms with Gasteiger partial charge >= 0.3 is 6.18 Å². The van der Waals surface area contributed by atoms with Crippen molar-refractivity contribution in [1.29, 1.82) is 5.26 Å². The predicted octanol–water partition coefficient (Wildman–Crippen LogP) is 5.00. The molecule has 0 radical (unpaired) electrons. The Labute approximate surface area is 139 Å². The topological polar surface area (TPSA) is 61.7 Å². The molecule has 0 amide bonds. The van der Waals surface area contributed by atoms with Crippen molar-refractivity contribution in [3.63, 3.8) is 0 Å². The minimum absolute atomic E-state index is 0.0199. The number of pyridine rings is 1. The van der Waals surface area contributed by atoms with Crippen molar-refractivity contribution in [2.75, 3.05) is 6.61 Å². The molecule has 0 aliphatic carbocycles. The molecule has 9 heteroatoms. The van der Waals surface area contributed by atoms with Gasteiger partial charge in [0.25, 0.3) is 0 Å². The molecule has 0 aliphatic heterocycles. The minimum atomic E-state index is -4.70. The molecule has 4 nitrogen and oxygen atoms in total. The Morgan fingerprint density at radius 1 is 1.39 bits per heavy atom. The molecule has 0 aliphatic rings. The second kappa shape index (κ2) is 6.79. The summed E-state index contributed by atoms with van der Waals surface area (Å²) in [7, 11) is 0. The fraction of sp³-hybridized carbons (Fsp3) is 0.286. The van der Waals surface area contributed by atoms with Crippen LogP contribution in [0, 0.1) is 11.3 Å². The average Bonchev–Trinajstić information content (AvgIpc) is 2.83. The second-order valence-corrected chi connectivity index (χ2v) is 5.20. The summed E-state index contributed by atoms with van der Waals surface area (Å²) < 4.78 is 44.5. The van der Waals surface area contributed by atoms with Crippen molar-refractivity contribution in [1.82, 2.24) is 9.97 Å². The van der Waals surface area contributed by atoms with Crippen LogP contribution < -0.4 is 0 Å². The molecule has 0 aromatic carbocycles. The van der Waals surface area contributed by atoms with E-state index in [2.05, 4.69) is 9.97 Å². The van der Waals surface area contributed by atoms with E-state index in [0.717, 1.165) is 0 Å². The molecule has 2 aromatic rings. The molecule has 0 saturated carbocycles. The van der Waals surface area contributed by atoms with Gasteiger partial charge in [-0.15, -0.1) is 0 Å². The Bertz CT molecular complexity index is 735. The smallest absolute Gasteiger partial charge is 0.359 e. The molecule has 23 heavy (non-hydrogen) atoms. The van der Waals surface area contributed by atoms with Gasteiger partial charge in [-0.25, -0.2) is 4.98 Å². The normalized spacial score (nSPS) is 12.9. The van der Waals surface area contributed by atoms with Crippen LogP contribution in [0.2, 0.25) is 10.2 Å². The largest absolute Gasteiger partial charge is 0.432 e. The molecule has 0 spiro atoms. The zero-order valence-electron chi connectivity index (χ0n) is 11.7. The zero-order chi connectivity index (χ0) is 17.2. The number of hydrogen-bond donors (Lipinski definition) is 1. The van der Waals surface area contributed by atoms with Crippen LogP contribution in [0.15, 0.2) is 18.3 Å². The van der Waals surface area contributed by atoms with Gasteiger partial charge in [0.05, 0.1) is 16.8 Å². The number of nitriles is 1. The Morgan fingerprint density at radius 2 is 2.09 bits per heavy atom. The summed E-state index contributed by atoms with van der Waals surface area (Å²) in [4.78, 5) is 6.05. The quantitative estimate of drug-likeness (QED) is 0.777. The van der Waals surface area contributed by atoms with Crippen molar-refractivity contribution in [2.45, 2.75) is 19.2 Å². The van der Waals surface area contributed by atoms with Crippen molar-refractivity contribution in [3.8, 4) is 17.3 Å². The van der Waals surface area contributed by atoms with Crippen molar-refractivity contribution >= 4 is 23.2 Å². The van der Waals surface area contributed by atoms with E-state index in [1.54, 1.807) is 13.0 Å². The molecule has 2 heterocycles.